The molecule has 1 amide bonds. The summed E-state index contributed by atoms with van der Waals surface area (Å²) in [5.41, 5.74) is 1.75. The van der Waals surface area contributed by atoms with E-state index in [9.17, 15) is 9.90 Å². The molecule has 0 aromatic heterocycles. The number of aliphatic hydroxyl groups excluding tert-OH is 1. The smallest absolute Gasteiger partial charge is 0.251 e. The molecule has 0 saturated heterocycles. The van der Waals surface area contributed by atoms with Gasteiger partial charge >= 0.3 is 0 Å². The first-order chi connectivity index (χ1) is 8.93. The molecule has 106 valence electrons. The van der Waals surface area contributed by atoms with Crippen molar-refractivity contribution in [1.82, 2.24) is 10.2 Å². The average Bonchev–Trinajstić information content (AvgIpc) is 2.36. The van der Waals surface area contributed by atoms with Crippen molar-refractivity contribution in [2.45, 2.75) is 39.5 Å². The van der Waals surface area contributed by atoms with Gasteiger partial charge in [-0.25, -0.2) is 0 Å². The minimum absolute atomic E-state index is 0.0755. The summed E-state index contributed by atoms with van der Waals surface area (Å²) >= 11 is 0. The van der Waals surface area contributed by atoms with Gasteiger partial charge in [-0.1, -0.05) is 12.1 Å². The minimum Gasteiger partial charge on any atom is -0.392 e. The zero-order valence-electron chi connectivity index (χ0n) is 12.2. The highest BCUT2D eigenvalue weighted by molar-refractivity contribution is 5.94. The van der Waals surface area contributed by atoms with E-state index in [-0.39, 0.29) is 12.0 Å². The Bertz CT molecular complexity index is 416. The Hall–Kier alpha value is -1.39. The van der Waals surface area contributed by atoms with Crippen molar-refractivity contribution in [1.29, 1.82) is 0 Å². The number of nitrogens with one attached hydrogen (secondary N) is 1. The summed E-state index contributed by atoms with van der Waals surface area (Å²) in [6.07, 6.45) is -0.357. The topological polar surface area (TPSA) is 52.6 Å². The molecule has 1 unspecified atom stereocenters. The molecule has 4 heteroatoms. The van der Waals surface area contributed by atoms with Crippen LogP contribution >= 0.6 is 0 Å². The Morgan fingerprint density at radius 2 is 2.05 bits per heavy atom. The molecule has 1 atom stereocenters. The second kappa shape index (κ2) is 7.26. The van der Waals surface area contributed by atoms with Crippen LogP contribution < -0.4 is 5.32 Å². The number of nitrogens with zero attached hydrogens (tertiary/aromatic N) is 1. The predicted octanol–water partition coefficient (Wildman–Crippen LogP) is 1.64. The third-order valence-electron chi connectivity index (χ3n) is 3.03. The fourth-order valence-electron chi connectivity index (χ4n) is 1.99. The molecule has 4 nitrogen and oxygen atoms in total. The predicted molar refractivity (Wildman–Crippen MR) is 77.1 cm³/mol. The molecule has 0 aliphatic carbocycles. The molecule has 2 N–H and O–H groups in total. The van der Waals surface area contributed by atoms with Gasteiger partial charge in [-0.05, 0) is 38.5 Å². The molecule has 0 radical (unpaired) electrons. The van der Waals surface area contributed by atoms with Gasteiger partial charge in [0.2, 0.25) is 0 Å². The van der Waals surface area contributed by atoms with Gasteiger partial charge in [0, 0.05) is 31.7 Å². The van der Waals surface area contributed by atoms with Crippen molar-refractivity contribution in [2.75, 3.05) is 13.6 Å². The Balaban J connectivity index is 2.81. The van der Waals surface area contributed by atoms with Crippen molar-refractivity contribution in [3.05, 3.63) is 35.4 Å². The normalized spacial score (nSPS) is 12.8. The number of amides is 1. The van der Waals surface area contributed by atoms with Gasteiger partial charge in [-0.15, -0.1) is 0 Å². The van der Waals surface area contributed by atoms with Crippen LogP contribution in [0.15, 0.2) is 24.3 Å². The number of hydrogen-bond acceptors (Lipinski definition) is 3. The lowest BCUT2D eigenvalue weighted by Gasteiger charge is -2.27. The van der Waals surface area contributed by atoms with E-state index in [2.05, 4.69) is 24.1 Å². The molecule has 1 aromatic rings. The van der Waals surface area contributed by atoms with Crippen molar-refractivity contribution in [3.8, 4) is 0 Å². The zero-order chi connectivity index (χ0) is 14.4. The van der Waals surface area contributed by atoms with Gasteiger partial charge in [0.1, 0.15) is 0 Å². The van der Waals surface area contributed by atoms with Crippen LogP contribution in [0.25, 0.3) is 0 Å². The van der Waals surface area contributed by atoms with E-state index in [0.717, 1.165) is 12.1 Å². The summed E-state index contributed by atoms with van der Waals surface area (Å²) in [6.45, 7) is 7.35. The Morgan fingerprint density at radius 1 is 1.37 bits per heavy atom. The summed E-state index contributed by atoms with van der Waals surface area (Å²) in [7, 11) is 1.63. The molecule has 0 heterocycles. The molecule has 0 aliphatic rings. The lowest BCUT2D eigenvalue weighted by molar-refractivity contribution is 0.0960. The molecule has 0 saturated carbocycles. The summed E-state index contributed by atoms with van der Waals surface area (Å²) < 4.78 is 0. The number of hydrogen-bond donors (Lipinski definition) is 2. The van der Waals surface area contributed by atoms with Crippen molar-refractivity contribution < 1.29 is 9.90 Å². The van der Waals surface area contributed by atoms with Crippen LogP contribution in [0.5, 0.6) is 0 Å². The maximum absolute atomic E-state index is 11.6. The summed E-state index contributed by atoms with van der Waals surface area (Å²) in [5, 5.41) is 12.1. The molecule has 0 spiro atoms. The standard InChI is InChI=1S/C15H24N2O2/c1-11(2)17(9-12(3)18)10-13-6-5-7-14(8-13)15(19)16-4/h5-8,11-12,18H,9-10H2,1-4H3,(H,16,19). The maximum Gasteiger partial charge on any atom is 0.251 e. The van der Waals surface area contributed by atoms with Crippen LogP contribution in [-0.2, 0) is 6.54 Å². The van der Waals surface area contributed by atoms with Crippen LogP contribution in [0.4, 0.5) is 0 Å². The fraction of sp³-hybridized carbons (Fsp3) is 0.533. The highest BCUT2D eigenvalue weighted by Crippen LogP contribution is 2.11. The molecular weight excluding hydrogens is 240 g/mol. The lowest BCUT2D eigenvalue weighted by atomic mass is 10.1. The zero-order valence-corrected chi connectivity index (χ0v) is 12.2. The van der Waals surface area contributed by atoms with E-state index in [1.807, 2.05) is 18.2 Å². The highest BCUT2D eigenvalue weighted by Gasteiger charge is 2.13. The van der Waals surface area contributed by atoms with Gasteiger partial charge in [0.25, 0.3) is 5.91 Å². The average molecular weight is 264 g/mol. The molecule has 1 aromatic carbocycles. The largest absolute Gasteiger partial charge is 0.392 e. The summed E-state index contributed by atoms with van der Waals surface area (Å²) in [5.74, 6) is -0.0755. The van der Waals surface area contributed by atoms with Gasteiger partial charge in [-0.2, -0.15) is 0 Å². The van der Waals surface area contributed by atoms with Crippen LogP contribution in [0.3, 0.4) is 0 Å². The van der Waals surface area contributed by atoms with E-state index in [1.54, 1.807) is 20.0 Å². The highest BCUT2D eigenvalue weighted by atomic mass is 16.3. The lowest BCUT2D eigenvalue weighted by Crippen LogP contribution is -2.36. The third-order valence-corrected chi connectivity index (χ3v) is 3.03. The van der Waals surface area contributed by atoms with Crippen LogP contribution in [0, 0.1) is 0 Å². The Kier molecular flexibility index (Phi) is 5.99. The summed E-state index contributed by atoms with van der Waals surface area (Å²) in [4.78, 5) is 13.8. The first-order valence-corrected chi connectivity index (χ1v) is 6.67. The van der Waals surface area contributed by atoms with E-state index >= 15 is 0 Å². The van der Waals surface area contributed by atoms with Gasteiger partial charge in [0.05, 0.1) is 6.10 Å². The minimum atomic E-state index is -0.357. The Morgan fingerprint density at radius 3 is 2.58 bits per heavy atom. The second-order valence-electron chi connectivity index (χ2n) is 5.15. The van der Waals surface area contributed by atoms with Gasteiger partial charge in [-0.3, -0.25) is 9.69 Å². The van der Waals surface area contributed by atoms with E-state index < -0.39 is 0 Å². The van der Waals surface area contributed by atoms with Gasteiger partial charge < -0.3 is 10.4 Å². The van der Waals surface area contributed by atoms with Crippen LogP contribution in [-0.4, -0.2) is 41.7 Å². The van der Waals surface area contributed by atoms with Crippen LogP contribution in [0.2, 0.25) is 0 Å². The fourth-order valence-corrected chi connectivity index (χ4v) is 1.99. The van der Waals surface area contributed by atoms with Crippen molar-refractivity contribution >= 4 is 5.91 Å². The molecular formula is C15H24N2O2. The quantitative estimate of drug-likeness (QED) is 0.821. The number of rotatable bonds is 6. The van der Waals surface area contributed by atoms with E-state index in [4.69, 9.17) is 0 Å². The molecule has 0 aliphatic heterocycles. The Labute approximate surface area is 115 Å². The summed E-state index contributed by atoms with van der Waals surface area (Å²) in [6, 6.07) is 7.94. The molecule has 0 bridgehead atoms. The van der Waals surface area contributed by atoms with E-state index in [0.29, 0.717) is 18.2 Å². The number of benzene rings is 1. The number of carbonyl (C=O) groups is 1. The third kappa shape index (κ3) is 5.01. The maximum atomic E-state index is 11.6. The number of aliphatic hydroxyl groups is 1. The first-order valence-electron chi connectivity index (χ1n) is 6.67. The SMILES string of the molecule is CNC(=O)c1cccc(CN(CC(C)O)C(C)C)c1. The molecule has 1 rings (SSSR count). The molecule has 0 fully saturated rings. The molecule has 19 heavy (non-hydrogen) atoms. The van der Waals surface area contributed by atoms with E-state index in [1.165, 1.54) is 0 Å². The first kappa shape index (κ1) is 15.7. The number of carbonyl (C=O) groups excluding carboxylic acids is 1. The monoisotopic (exact) mass is 264 g/mol. The van der Waals surface area contributed by atoms with Crippen molar-refractivity contribution in [3.63, 3.8) is 0 Å². The van der Waals surface area contributed by atoms with Crippen molar-refractivity contribution in [2.24, 2.45) is 0 Å². The van der Waals surface area contributed by atoms with Crippen LogP contribution in [0.1, 0.15) is 36.7 Å². The van der Waals surface area contributed by atoms with Gasteiger partial charge in [0.15, 0.2) is 0 Å². The second-order valence-corrected chi connectivity index (χ2v) is 5.15.